The molecular formula is C27H45ClN2O. The number of halogens is 1. The number of rotatable bonds is 17. The van der Waals surface area contributed by atoms with Crippen molar-refractivity contribution < 1.29 is 5.11 Å². The maximum atomic E-state index is 11.1. The standard InChI is InChI=1S/C27H44N2O.ClH/c1-3-5-7-9-11-15-21-29(22-16-12-10-8-6-4-2)23-27(30)25-19-20-28-26-18-14-13-17-24(25)26;/h13-14,17-20,27,30H,3-12,15-16,21-23H2,1-2H3;1H. The normalized spacial score (nSPS) is 12.3. The van der Waals surface area contributed by atoms with Gasteiger partial charge in [0.1, 0.15) is 0 Å². The molecule has 1 unspecified atom stereocenters. The highest BCUT2D eigenvalue weighted by molar-refractivity contribution is 5.85. The van der Waals surface area contributed by atoms with Crippen LogP contribution in [0.5, 0.6) is 0 Å². The first-order chi connectivity index (χ1) is 14.8. The van der Waals surface area contributed by atoms with Crippen molar-refractivity contribution in [2.45, 2.75) is 97.0 Å². The molecule has 3 nitrogen and oxygen atoms in total. The second-order valence-corrected chi connectivity index (χ2v) is 8.77. The molecule has 0 saturated heterocycles. The van der Waals surface area contributed by atoms with Crippen molar-refractivity contribution in [3.05, 3.63) is 42.1 Å². The van der Waals surface area contributed by atoms with Gasteiger partial charge in [0.05, 0.1) is 11.6 Å². The molecule has 1 atom stereocenters. The average Bonchev–Trinajstić information content (AvgIpc) is 2.77. The largest absolute Gasteiger partial charge is 0.387 e. The van der Waals surface area contributed by atoms with Crippen molar-refractivity contribution in [2.75, 3.05) is 19.6 Å². The molecule has 2 aromatic rings. The van der Waals surface area contributed by atoms with Crippen molar-refractivity contribution in [2.24, 2.45) is 0 Å². The first kappa shape index (κ1) is 27.9. The van der Waals surface area contributed by atoms with Crippen LogP contribution < -0.4 is 0 Å². The quantitative estimate of drug-likeness (QED) is 0.251. The number of hydrogen-bond acceptors (Lipinski definition) is 3. The summed E-state index contributed by atoms with van der Waals surface area (Å²) in [6, 6.07) is 10.1. The molecule has 0 amide bonds. The third kappa shape index (κ3) is 10.8. The van der Waals surface area contributed by atoms with E-state index in [9.17, 15) is 5.11 Å². The van der Waals surface area contributed by atoms with Crippen LogP contribution in [0.4, 0.5) is 0 Å². The van der Waals surface area contributed by atoms with Crippen LogP contribution in [-0.4, -0.2) is 34.6 Å². The fourth-order valence-corrected chi connectivity index (χ4v) is 4.28. The van der Waals surface area contributed by atoms with Gasteiger partial charge in [-0.1, -0.05) is 96.3 Å². The van der Waals surface area contributed by atoms with Crippen molar-refractivity contribution in [3.63, 3.8) is 0 Å². The molecule has 0 aliphatic heterocycles. The molecule has 31 heavy (non-hydrogen) atoms. The zero-order valence-electron chi connectivity index (χ0n) is 19.9. The third-order valence-electron chi connectivity index (χ3n) is 6.13. The number of unbranched alkanes of at least 4 members (excludes halogenated alkanes) is 10. The molecular weight excluding hydrogens is 404 g/mol. The van der Waals surface area contributed by atoms with Gasteiger partial charge >= 0.3 is 0 Å². The Labute approximate surface area is 197 Å². The van der Waals surface area contributed by atoms with Crippen molar-refractivity contribution in [1.82, 2.24) is 9.88 Å². The van der Waals surface area contributed by atoms with E-state index in [1.165, 1.54) is 77.0 Å². The molecule has 2 rings (SSSR count). The first-order valence-corrected chi connectivity index (χ1v) is 12.5. The lowest BCUT2D eigenvalue weighted by Gasteiger charge is -2.26. The predicted octanol–water partition coefficient (Wildman–Crippen LogP) is 7.71. The van der Waals surface area contributed by atoms with E-state index in [-0.39, 0.29) is 12.4 Å². The Morgan fingerprint density at radius 3 is 1.94 bits per heavy atom. The first-order valence-electron chi connectivity index (χ1n) is 12.5. The molecule has 1 N–H and O–H groups in total. The molecule has 0 aliphatic carbocycles. The number of aromatic nitrogens is 1. The van der Waals surface area contributed by atoms with Gasteiger partial charge in [-0.15, -0.1) is 12.4 Å². The predicted molar refractivity (Wildman–Crippen MR) is 137 cm³/mol. The Hall–Kier alpha value is -1.16. The van der Waals surface area contributed by atoms with Crippen LogP contribution in [-0.2, 0) is 0 Å². The SMILES string of the molecule is CCCCCCCCN(CCCCCCCC)CC(O)c1ccnc2ccccc12.Cl. The number of nitrogens with zero attached hydrogens (tertiary/aromatic N) is 2. The summed E-state index contributed by atoms with van der Waals surface area (Å²) in [5, 5.41) is 12.1. The Bertz CT molecular complexity index is 672. The Kier molecular flexibility index (Phi) is 15.6. The van der Waals surface area contributed by atoms with Crippen LogP contribution in [0, 0.1) is 0 Å². The number of benzene rings is 1. The van der Waals surface area contributed by atoms with Gasteiger partial charge in [0.15, 0.2) is 0 Å². The summed E-state index contributed by atoms with van der Waals surface area (Å²) in [7, 11) is 0. The fourth-order valence-electron chi connectivity index (χ4n) is 4.28. The van der Waals surface area contributed by atoms with Crippen LogP contribution in [0.3, 0.4) is 0 Å². The zero-order chi connectivity index (χ0) is 21.4. The van der Waals surface area contributed by atoms with E-state index in [0.29, 0.717) is 0 Å². The second kappa shape index (κ2) is 17.4. The molecule has 0 saturated carbocycles. The molecule has 0 bridgehead atoms. The van der Waals surface area contributed by atoms with Crippen LogP contribution >= 0.6 is 12.4 Å². The van der Waals surface area contributed by atoms with E-state index in [1.54, 1.807) is 0 Å². The highest BCUT2D eigenvalue weighted by Gasteiger charge is 2.16. The number of hydrogen-bond donors (Lipinski definition) is 1. The summed E-state index contributed by atoms with van der Waals surface area (Å²) in [6.45, 7) is 7.46. The maximum absolute atomic E-state index is 11.1. The number of para-hydroxylation sites is 1. The maximum Gasteiger partial charge on any atom is 0.0924 e. The minimum atomic E-state index is -0.460. The average molecular weight is 449 g/mol. The summed E-state index contributed by atoms with van der Waals surface area (Å²) in [4.78, 5) is 6.95. The third-order valence-corrected chi connectivity index (χ3v) is 6.13. The highest BCUT2D eigenvalue weighted by Crippen LogP contribution is 2.24. The van der Waals surface area contributed by atoms with Gasteiger partial charge < -0.3 is 10.0 Å². The van der Waals surface area contributed by atoms with Crippen LogP contribution in [0.15, 0.2) is 36.5 Å². The summed E-state index contributed by atoms with van der Waals surface area (Å²) >= 11 is 0. The topological polar surface area (TPSA) is 36.4 Å². The van der Waals surface area contributed by atoms with Crippen LogP contribution in [0.1, 0.15) is 103 Å². The number of aliphatic hydroxyl groups excluding tert-OH is 1. The number of pyridine rings is 1. The van der Waals surface area contributed by atoms with Gasteiger partial charge in [0.2, 0.25) is 0 Å². The molecule has 176 valence electrons. The molecule has 1 heterocycles. The molecule has 0 aliphatic rings. The van der Waals surface area contributed by atoms with Crippen molar-refractivity contribution in [3.8, 4) is 0 Å². The minimum absolute atomic E-state index is 0. The molecule has 4 heteroatoms. The monoisotopic (exact) mass is 448 g/mol. The van der Waals surface area contributed by atoms with Crippen molar-refractivity contribution >= 4 is 23.3 Å². The summed E-state index contributed by atoms with van der Waals surface area (Å²) in [5.74, 6) is 0. The highest BCUT2D eigenvalue weighted by atomic mass is 35.5. The van der Waals surface area contributed by atoms with E-state index in [2.05, 4.69) is 29.8 Å². The molecule has 0 radical (unpaired) electrons. The lowest BCUT2D eigenvalue weighted by molar-refractivity contribution is 0.111. The minimum Gasteiger partial charge on any atom is -0.387 e. The van der Waals surface area contributed by atoms with Gasteiger partial charge in [-0.3, -0.25) is 4.98 Å². The molecule has 1 aromatic carbocycles. The Morgan fingerprint density at radius 1 is 0.774 bits per heavy atom. The number of aliphatic hydroxyl groups is 1. The van der Waals surface area contributed by atoms with Gasteiger partial charge in [-0.05, 0) is 43.6 Å². The van der Waals surface area contributed by atoms with E-state index < -0.39 is 6.10 Å². The van der Waals surface area contributed by atoms with Gasteiger partial charge in [-0.25, -0.2) is 0 Å². The van der Waals surface area contributed by atoms with E-state index in [1.807, 2.05) is 30.5 Å². The summed E-state index contributed by atoms with van der Waals surface area (Å²) in [6.07, 6.45) is 17.2. The van der Waals surface area contributed by atoms with Gasteiger partial charge in [0, 0.05) is 18.1 Å². The van der Waals surface area contributed by atoms with E-state index in [0.717, 1.165) is 36.1 Å². The summed E-state index contributed by atoms with van der Waals surface area (Å²) < 4.78 is 0. The van der Waals surface area contributed by atoms with Gasteiger partial charge in [0.25, 0.3) is 0 Å². The lowest BCUT2D eigenvalue weighted by atomic mass is 10.0. The van der Waals surface area contributed by atoms with E-state index >= 15 is 0 Å². The lowest BCUT2D eigenvalue weighted by Crippen LogP contribution is -2.31. The Balaban J connectivity index is 0.00000480. The zero-order valence-corrected chi connectivity index (χ0v) is 20.7. The molecule has 0 spiro atoms. The fraction of sp³-hybridized carbons (Fsp3) is 0.667. The smallest absolute Gasteiger partial charge is 0.0924 e. The Morgan fingerprint density at radius 2 is 1.32 bits per heavy atom. The second-order valence-electron chi connectivity index (χ2n) is 8.77. The number of fused-ring (bicyclic) bond motifs is 1. The molecule has 0 fully saturated rings. The molecule has 1 aromatic heterocycles. The summed E-state index contributed by atoms with van der Waals surface area (Å²) in [5.41, 5.74) is 1.98. The van der Waals surface area contributed by atoms with Crippen LogP contribution in [0.25, 0.3) is 10.9 Å². The van der Waals surface area contributed by atoms with Gasteiger partial charge in [-0.2, -0.15) is 0 Å². The van der Waals surface area contributed by atoms with Crippen LogP contribution in [0.2, 0.25) is 0 Å². The van der Waals surface area contributed by atoms with Crippen molar-refractivity contribution in [1.29, 1.82) is 0 Å². The van der Waals surface area contributed by atoms with E-state index in [4.69, 9.17) is 0 Å².